The van der Waals surface area contributed by atoms with Crippen molar-refractivity contribution in [3.05, 3.63) is 23.8 Å². The quantitative estimate of drug-likeness (QED) is 0.850. The van der Waals surface area contributed by atoms with Gasteiger partial charge in [-0.05, 0) is 48.9 Å². The van der Waals surface area contributed by atoms with E-state index in [0.717, 1.165) is 23.5 Å². The van der Waals surface area contributed by atoms with Crippen LogP contribution in [0.3, 0.4) is 0 Å². The number of hydrogen-bond donors (Lipinski definition) is 1. The molecule has 1 aromatic carbocycles. The summed E-state index contributed by atoms with van der Waals surface area (Å²) in [6.07, 6.45) is 5.06. The van der Waals surface area contributed by atoms with Crippen molar-refractivity contribution in [1.82, 2.24) is 0 Å². The first kappa shape index (κ1) is 14.4. The van der Waals surface area contributed by atoms with Gasteiger partial charge in [0.2, 0.25) is 5.91 Å². The number of rotatable bonds is 5. The molecule has 112 valence electrons. The minimum atomic E-state index is -0.806. The fraction of sp³-hybridized carbons (Fsp3) is 0.500. The molecular formula is C16H19NO3S. The number of aliphatic carboxylic acids is 1. The Kier molecular flexibility index (Phi) is 4.19. The van der Waals surface area contributed by atoms with Crippen LogP contribution < -0.4 is 4.90 Å². The van der Waals surface area contributed by atoms with Gasteiger partial charge in [-0.1, -0.05) is 6.42 Å². The van der Waals surface area contributed by atoms with E-state index in [2.05, 4.69) is 0 Å². The Morgan fingerprint density at radius 1 is 1.33 bits per heavy atom. The van der Waals surface area contributed by atoms with Crippen LogP contribution >= 0.6 is 11.8 Å². The summed E-state index contributed by atoms with van der Waals surface area (Å²) < 4.78 is 0. The second kappa shape index (κ2) is 6.10. The van der Waals surface area contributed by atoms with Crippen molar-refractivity contribution in [2.75, 3.05) is 17.2 Å². The van der Waals surface area contributed by atoms with E-state index in [-0.39, 0.29) is 11.7 Å². The maximum atomic E-state index is 12.2. The van der Waals surface area contributed by atoms with Crippen LogP contribution in [0.1, 0.15) is 31.2 Å². The lowest BCUT2D eigenvalue weighted by molar-refractivity contribution is -0.133. The molecule has 0 saturated heterocycles. The molecule has 1 amide bonds. The third-order valence-electron chi connectivity index (χ3n) is 4.28. The number of carbonyl (C=O) groups excluding carboxylic acids is 1. The van der Waals surface area contributed by atoms with Crippen LogP contribution in [0.4, 0.5) is 5.69 Å². The topological polar surface area (TPSA) is 57.6 Å². The monoisotopic (exact) mass is 305 g/mol. The summed E-state index contributed by atoms with van der Waals surface area (Å²) in [7, 11) is 0. The number of hydrogen-bond acceptors (Lipinski definition) is 3. The molecule has 1 heterocycles. The van der Waals surface area contributed by atoms with Crippen LogP contribution in [0.15, 0.2) is 23.1 Å². The highest BCUT2D eigenvalue weighted by molar-refractivity contribution is 8.00. The average Bonchev–Trinajstić information content (AvgIpc) is 2.42. The first-order valence-corrected chi connectivity index (χ1v) is 8.40. The summed E-state index contributed by atoms with van der Waals surface area (Å²) in [5.41, 5.74) is 2.20. The molecule has 2 aliphatic rings. The number of thioether (sulfide) groups is 1. The zero-order valence-corrected chi connectivity index (χ0v) is 12.7. The lowest BCUT2D eigenvalue weighted by Gasteiger charge is -2.35. The predicted molar refractivity (Wildman–Crippen MR) is 82.8 cm³/mol. The van der Waals surface area contributed by atoms with Crippen molar-refractivity contribution in [3.63, 3.8) is 0 Å². The molecule has 1 aliphatic carbocycles. The Morgan fingerprint density at radius 3 is 2.81 bits per heavy atom. The van der Waals surface area contributed by atoms with Crippen molar-refractivity contribution >= 4 is 29.3 Å². The number of anilines is 1. The number of fused-ring (bicyclic) bond motifs is 1. The van der Waals surface area contributed by atoms with Gasteiger partial charge in [-0.2, -0.15) is 0 Å². The van der Waals surface area contributed by atoms with Crippen LogP contribution in [0.5, 0.6) is 0 Å². The largest absolute Gasteiger partial charge is 0.481 e. The van der Waals surface area contributed by atoms with E-state index in [1.807, 2.05) is 23.1 Å². The van der Waals surface area contributed by atoms with Crippen molar-refractivity contribution in [3.8, 4) is 0 Å². The Balaban J connectivity index is 1.77. The number of benzene rings is 1. The molecular weight excluding hydrogens is 286 g/mol. The zero-order valence-electron chi connectivity index (χ0n) is 11.9. The fourth-order valence-corrected chi connectivity index (χ4v) is 3.58. The van der Waals surface area contributed by atoms with Crippen molar-refractivity contribution in [1.29, 1.82) is 0 Å². The molecule has 0 spiro atoms. The molecule has 1 aliphatic heterocycles. The molecule has 1 saturated carbocycles. The highest BCUT2D eigenvalue weighted by atomic mass is 32.2. The Morgan fingerprint density at radius 2 is 2.14 bits per heavy atom. The van der Waals surface area contributed by atoms with E-state index in [0.29, 0.717) is 12.3 Å². The van der Waals surface area contributed by atoms with Gasteiger partial charge < -0.3 is 10.0 Å². The molecule has 0 unspecified atom stereocenters. The Labute approximate surface area is 128 Å². The lowest BCUT2D eigenvalue weighted by atomic mass is 9.84. The van der Waals surface area contributed by atoms with Gasteiger partial charge in [0.1, 0.15) is 0 Å². The van der Waals surface area contributed by atoms with Crippen LogP contribution in [0, 0.1) is 5.92 Å². The van der Waals surface area contributed by atoms with E-state index < -0.39 is 5.97 Å². The number of carboxylic acid groups (broad SMARTS) is 1. The van der Waals surface area contributed by atoms with Gasteiger partial charge in [-0.25, -0.2) is 0 Å². The fourth-order valence-electron chi connectivity index (χ4n) is 2.90. The van der Waals surface area contributed by atoms with Gasteiger partial charge in [-0.3, -0.25) is 9.59 Å². The minimum Gasteiger partial charge on any atom is -0.481 e. The van der Waals surface area contributed by atoms with E-state index in [1.165, 1.54) is 36.6 Å². The van der Waals surface area contributed by atoms with Crippen LogP contribution in [0.25, 0.3) is 0 Å². The van der Waals surface area contributed by atoms with Gasteiger partial charge in [0.25, 0.3) is 0 Å². The number of amides is 1. The lowest BCUT2D eigenvalue weighted by Crippen LogP contribution is -2.40. The summed E-state index contributed by atoms with van der Waals surface area (Å²) in [6, 6.07) is 5.96. The van der Waals surface area contributed by atoms with Crippen LogP contribution in [-0.4, -0.2) is 29.3 Å². The van der Waals surface area contributed by atoms with E-state index in [4.69, 9.17) is 5.11 Å². The SMILES string of the molecule is O=C(O)CSc1ccc2c(c1)CCC(=O)N2CC1CCC1. The highest BCUT2D eigenvalue weighted by Gasteiger charge is 2.28. The summed E-state index contributed by atoms with van der Waals surface area (Å²) >= 11 is 1.33. The van der Waals surface area contributed by atoms with Gasteiger partial charge in [0, 0.05) is 23.5 Å². The van der Waals surface area contributed by atoms with Crippen molar-refractivity contribution < 1.29 is 14.7 Å². The summed E-state index contributed by atoms with van der Waals surface area (Å²) in [5.74, 6) is 0.143. The highest BCUT2D eigenvalue weighted by Crippen LogP contribution is 2.35. The standard InChI is InChI=1S/C16H19NO3S/c18-15-7-4-12-8-13(21-10-16(19)20)5-6-14(12)17(15)9-11-2-1-3-11/h5-6,8,11H,1-4,7,9-10H2,(H,19,20). The summed E-state index contributed by atoms with van der Waals surface area (Å²) in [6.45, 7) is 0.841. The molecule has 21 heavy (non-hydrogen) atoms. The Bertz CT molecular complexity index is 569. The second-order valence-electron chi connectivity index (χ2n) is 5.77. The zero-order chi connectivity index (χ0) is 14.8. The minimum absolute atomic E-state index is 0.0729. The molecule has 5 heteroatoms. The van der Waals surface area contributed by atoms with Gasteiger partial charge in [-0.15, -0.1) is 11.8 Å². The molecule has 1 fully saturated rings. The molecule has 1 aromatic rings. The van der Waals surface area contributed by atoms with E-state index in [1.54, 1.807) is 0 Å². The Hall–Kier alpha value is -1.49. The maximum absolute atomic E-state index is 12.2. The normalized spacial score (nSPS) is 18.3. The molecule has 4 nitrogen and oxygen atoms in total. The van der Waals surface area contributed by atoms with Crippen LogP contribution in [0.2, 0.25) is 0 Å². The number of carboxylic acids is 1. The van der Waals surface area contributed by atoms with E-state index >= 15 is 0 Å². The molecule has 3 rings (SSSR count). The maximum Gasteiger partial charge on any atom is 0.313 e. The average molecular weight is 305 g/mol. The second-order valence-corrected chi connectivity index (χ2v) is 6.82. The van der Waals surface area contributed by atoms with Gasteiger partial charge in [0.15, 0.2) is 0 Å². The summed E-state index contributed by atoms with van der Waals surface area (Å²) in [4.78, 5) is 25.7. The molecule has 0 bridgehead atoms. The summed E-state index contributed by atoms with van der Waals surface area (Å²) in [5, 5.41) is 8.75. The van der Waals surface area contributed by atoms with Crippen LogP contribution in [-0.2, 0) is 16.0 Å². The van der Waals surface area contributed by atoms with Gasteiger partial charge >= 0.3 is 5.97 Å². The van der Waals surface area contributed by atoms with E-state index in [9.17, 15) is 9.59 Å². The molecule has 0 aromatic heterocycles. The third kappa shape index (κ3) is 3.23. The molecule has 0 atom stereocenters. The molecule has 1 N–H and O–H groups in total. The smallest absolute Gasteiger partial charge is 0.313 e. The first-order chi connectivity index (χ1) is 10.1. The van der Waals surface area contributed by atoms with Crippen molar-refractivity contribution in [2.24, 2.45) is 5.92 Å². The van der Waals surface area contributed by atoms with Gasteiger partial charge in [0.05, 0.1) is 5.75 Å². The van der Waals surface area contributed by atoms with Crippen molar-refractivity contribution in [2.45, 2.75) is 37.0 Å². The number of nitrogens with zero attached hydrogens (tertiary/aromatic N) is 1. The predicted octanol–water partition coefficient (Wildman–Crippen LogP) is 2.94. The first-order valence-electron chi connectivity index (χ1n) is 7.41. The number of aryl methyl sites for hydroxylation is 1. The number of carbonyl (C=O) groups is 2. The third-order valence-corrected chi connectivity index (χ3v) is 5.26. The molecule has 0 radical (unpaired) electrons.